The molecule has 1 heterocycles. The quantitative estimate of drug-likeness (QED) is 0.720. The van der Waals surface area contributed by atoms with E-state index in [1.807, 2.05) is 6.92 Å². The van der Waals surface area contributed by atoms with E-state index in [-0.39, 0.29) is 30.2 Å². The molecule has 2 aromatic rings. The van der Waals surface area contributed by atoms with Gasteiger partial charge in [-0.3, -0.25) is 24.0 Å². The standard InChI is InChI=1S/C18H23FN4O4/c1-3-4-8-23-15(20)14(16(24)21-18(23)26)22(9-10-27-2)17(25)12-6-5-7-13(19)11-12/h5-7,11H,3-4,8-10,20H2,1-2H3,(H,21,24,26). The zero-order valence-electron chi connectivity index (χ0n) is 15.3. The monoisotopic (exact) mass is 378 g/mol. The summed E-state index contributed by atoms with van der Waals surface area (Å²) in [6.07, 6.45) is 1.49. The molecule has 1 amide bonds. The van der Waals surface area contributed by atoms with Gasteiger partial charge in [0.05, 0.1) is 6.61 Å². The number of rotatable bonds is 8. The number of carbonyl (C=O) groups is 1. The van der Waals surface area contributed by atoms with E-state index in [4.69, 9.17) is 10.5 Å². The predicted molar refractivity (Wildman–Crippen MR) is 101 cm³/mol. The first-order valence-electron chi connectivity index (χ1n) is 8.59. The largest absolute Gasteiger partial charge is 0.383 e. The molecule has 0 saturated carbocycles. The number of H-pyrrole nitrogens is 1. The number of methoxy groups -OCH3 is 1. The number of aromatic nitrogens is 2. The molecule has 8 nitrogen and oxygen atoms in total. The van der Waals surface area contributed by atoms with Crippen molar-refractivity contribution >= 4 is 17.4 Å². The maximum absolute atomic E-state index is 13.5. The molecule has 0 radical (unpaired) electrons. The van der Waals surface area contributed by atoms with Crippen molar-refractivity contribution in [1.29, 1.82) is 0 Å². The van der Waals surface area contributed by atoms with E-state index < -0.39 is 23.0 Å². The van der Waals surface area contributed by atoms with Gasteiger partial charge in [0, 0.05) is 25.8 Å². The van der Waals surface area contributed by atoms with Crippen LogP contribution in [0.4, 0.5) is 15.9 Å². The van der Waals surface area contributed by atoms with E-state index in [0.717, 1.165) is 17.4 Å². The Bertz CT molecular complexity index is 922. The number of hydrogen-bond acceptors (Lipinski definition) is 5. The SMILES string of the molecule is CCCCn1c(N)c(N(CCOC)C(=O)c2cccc(F)c2)c(=O)[nH]c1=O. The first-order valence-corrected chi connectivity index (χ1v) is 8.59. The van der Waals surface area contributed by atoms with Crippen molar-refractivity contribution in [2.75, 3.05) is 30.9 Å². The Hall–Kier alpha value is -2.94. The summed E-state index contributed by atoms with van der Waals surface area (Å²) in [6.45, 7) is 2.38. The molecule has 27 heavy (non-hydrogen) atoms. The highest BCUT2D eigenvalue weighted by atomic mass is 19.1. The maximum atomic E-state index is 13.5. The molecule has 0 aliphatic rings. The number of unbranched alkanes of at least 4 members (excludes halogenated alkanes) is 1. The van der Waals surface area contributed by atoms with Crippen molar-refractivity contribution in [2.24, 2.45) is 0 Å². The van der Waals surface area contributed by atoms with Crippen LogP contribution >= 0.6 is 0 Å². The Labute approximate surface area is 155 Å². The average Bonchev–Trinajstić information content (AvgIpc) is 2.63. The van der Waals surface area contributed by atoms with Gasteiger partial charge in [-0.25, -0.2) is 9.18 Å². The number of ether oxygens (including phenoxy) is 1. The molecule has 2 rings (SSSR count). The van der Waals surface area contributed by atoms with Gasteiger partial charge in [-0.1, -0.05) is 19.4 Å². The molecule has 0 saturated heterocycles. The Morgan fingerprint density at radius 1 is 1.37 bits per heavy atom. The minimum atomic E-state index is -0.786. The molecular weight excluding hydrogens is 355 g/mol. The van der Waals surface area contributed by atoms with Crippen LogP contribution in [-0.2, 0) is 11.3 Å². The normalized spacial score (nSPS) is 10.8. The van der Waals surface area contributed by atoms with E-state index in [2.05, 4.69) is 4.98 Å². The minimum absolute atomic E-state index is 0.00507. The highest BCUT2D eigenvalue weighted by molar-refractivity contribution is 6.07. The van der Waals surface area contributed by atoms with Crippen molar-refractivity contribution in [1.82, 2.24) is 9.55 Å². The van der Waals surface area contributed by atoms with Crippen LogP contribution in [-0.4, -0.2) is 35.7 Å². The predicted octanol–water partition coefficient (Wildman–Crippen LogP) is 1.35. The summed E-state index contributed by atoms with van der Waals surface area (Å²) in [6, 6.07) is 5.11. The fourth-order valence-corrected chi connectivity index (χ4v) is 2.65. The summed E-state index contributed by atoms with van der Waals surface area (Å²) < 4.78 is 19.8. The van der Waals surface area contributed by atoms with Gasteiger partial charge >= 0.3 is 5.69 Å². The Morgan fingerprint density at radius 2 is 2.11 bits per heavy atom. The second-order valence-corrected chi connectivity index (χ2v) is 5.96. The number of halogens is 1. The van der Waals surface area contributed by atoms with Gasteiger partial charge < -0.3 is 10.5 Å². The Morgan fingerprint density at radius 3 is 2.74 bits per heavy atom. The van der Waals surface area contributed by atoms with Gasteiger partial charge in [-0.2, -0.15) is 0 Å². The maximum Gasteiger partial charge on any atom is 0.330 e. The van der Waals surface area contributed by atoms with Gasteiger partial charge in [0.25, 0.3) is 11.5 Å². The minimum Gasteiger partial charge on any atom is -0.383 e. The number of benzene rings is 1. The van der Waals surface area contributed by atoms with Crippen molar-refractivity contribution < 1.29 is 13.9 Å². The first kappa shape index (κ1) is 20.4. The van der Waals surface area contributed by atoms with Gasteiger partial charge in [0.15, 0.2) is 5.69 Å². The molecule has 3 N–H and O–H groups in total. The number of nitrogen functional groups attached to an aromatic ring is 1. The molecule has 0 unspecified atom stereocenters. The number of nitrogens with one attached hydrogen (secondary N) is 1. The second-order valence-electron chi connectivity index (χ2n) is 5.96. The van der Waals surface area contributed by atoms with Crippen LogP contribution in [0.15, 0.2) is 33.9 Å². The Kier molecular flexibility index (Phi) is 6.89. The summed E-state index contributed by atoms with van der Waals surface area (Å²) in [5.74, 6) is -1.31. The van der Waals surface area contributed by atoms with Crippen LogP contribution in [0.1, 0.15) is 30.1 Å². The third-order valence-electron chi connectivity index (χ3n) is 4.06. The van der Waals surface area contributed by atoms with E-state index in [1.54, 1.807) is 0 Å². The number of anilines is 2. The van der Waals surface area contributed by atoms with E-state index in [0.29, 0.717) is 13.0 Å². The molecule has 1 aromatic carbocycles. The van der Waals surface area contributed by atoms with Gasteiger partial charge in [0.2, 0.25) is 0 Å². The molecule has 9 heteroatoms. The molecule has 1 aromatic heterocycles. The number of hydrogen-bond donors (Lipinski definition) is 2. The van der Waals surface area contributed by atoms with Crippen molar-refractivity contribution in [2.45, 2.75) is 26.3 Å². The summed E-state index contributed by atoms with van der Waals surface area (Å²) in [5, 5.41) is 0. The molecule has 0 atom stereocenters. The summed E-state index contributed by atoms with van der Waals surface area (Å²) in [5.41, 5.74) is 4.55. The first-order chi connectivity index (χ1) is 12.9. The van der Waals surface area contributed by atoms with Gasteiger partial charge in [0.1, 0.15) is 11.6 Å². The average molecular weight is 378 g/mol. The van der Waals surface area contributed by atoms with Gasteiger partial charge in [-0.05, 0) is 24.6 Å². The number of nitrogens with zero attached hydrogens (tertiary/aromatic N) is 2. The van der Waals surface area contributed by atoms with Crippen molar-refractivity contribution in [3.63, 3.8) is 0 Å². The molecule has 0 aliphatic heterocycles. The number of carbonyl (C=O) groups excluding carboxylic acids is 1. The third-order valence-corrected chi connectivity index (χ3v) is 4.06. The molecule has 0 aliphatic carbocycles. The highest BCUT2D eigenvalue weighted by Gasteiger charge is 2.25. The molecule has 0 fully saturated rings. The lowest BCUT2D eigenvalue weighted by atomic mass is 10.2. The van der Waals surface area contributed by atoms with Crippen LogP contribution in [0, 0.1) is 5.82 Å². The lowest BCUT2D eigenvalue weighted by Crippen LogP contribution is -2.42. The molecule has 146 valence electrons. The van der Waals surface area contributed by atoms with Gasteiger partial charge in [-0.15, -0.1) is 0 Å². The topological polar surface area (TPSA) is 110 Å². The lowest BCUT2D eigenvalue weighted by molar-refractivity contribution is 0.0975. The number of aromatic amines is 1. The summed E-state index contributed by atoms with van der Waals surface area (Å²) >= 11 is 0. The Balaban J connectivity index is 2.58. The van der Waals surface area contributed by atoms with Crippen LogP contribution < -0.4 is 21.9 Å². The number of amides is 1. The van der Waals surface area contributed by atoms with E-state index in [1.165, 1.54) is 29.9 Å². The summed E-state index contributed by atoms with van der Waals surface area (Å²) in [7, 11) is 1.45. The van der Waals surface area contributed by atoms with Crippen molar-refractivity contribution in [3.8, 4) is 0 Å². The number of nitrogens with two attached hydrogens (primary N) is 1. The molecular formula is C18H23FN4O4. The summed E-state index contributed by atoms with van der Waals surface area (Å²) in [4.78, 5) is 40.8. The van der Waals surface area contributed by atoms with E-state index >= 15 is 0 Å². The zero-order chi connectivity index (χ0) is 20.0. The molecule has 0 spiro atoms. The van der Waals surface area contributed by atoms with Crippen LogP contribution in [0.3, 0.4) is 0 Å². The van der Waals surface area contributed by atoms with Crippen LogP contribution in [0.25, 0.3) is 0 Å². The fraction of sp³-hybridized carbons (Fsp3) is 0.389. The van der Waals surface area contributed by atoms with Crippen LogP contribution in [0.2, 0.25) is 0 Å². The third kappa shape index (κ3) is 4.62. The highest BCUT2D eigenvalue weighted by Crippen LogP contribution is 2.20. The second kappa shape index (κ2) is 9.13. The lowest BCUT2D eigenvalue weighted by Gasteiger charge is -2.24. The smallest absolute Gasteiger partial charge is 0.330 e. The van der Waals surface area contributed by atoms with E-state index in [9.17, 15) is 18.8 Å². The fourth-order valence-electron chi connectivity index (χ4n) is 2.65. The van der Waals surface area contributed by atoms with Crippen LogP contribution in [0.5, 0.6) is 0 Å². The zero-order valence-corrected chi connectivity index (χ0v) is 15.3. The van der Waals surface area contributed by atoms with Crippen molar-refractivity contribution in [3.05, 3.63) is 56.5 Å². The molecule has 0 bridgehead atoms.